The second-order valence-corrected chi connectivity index (χ2v) is 7.36. The van der Waals surface area contributed by atoms with Crippen LogP contribution in [0.4, 0.5) is 0 Å². The molecule has 0 bridgehead atoms. The van der Waals surface area contributed by atoms with Crippen LogP contribution in [0.25, 0.3) is 0 Å². The number of carbonyl (C=O) groups is 1. The smallest absolute Gasteiger partial charge is 0.258 e. The Morgan fingerprint density at radius 1 is 1.26 bits per heavy atom. The van der Waals surface area contributed by atoms with E-state index < -0.39 is 0 Å². The third-order valence-electron chi connectivity index (χ3n) is 4.27. The normalized spacial score (nSPS) is 14.6. The Balaban J connectivity index is 1.56. The molecule has 1 heterocycles. The van der Waals surface area contributed by atoms with E-state index in [-0.39, 0.29) is 18.6 Å². The number of fused-ring (bicyclic) bond motifs is 1. The summed E-state index contributed by atoms with van der Waals surface area (Å²) in [6, 6.07) is 10.3. The quantitative estimate of drug-likeness (QED) is 0.865. The number of ether oxygens (including phenoxy) is 1. The van der Waals surface area contributed by atoms with Crippen molar-refractivity contribution in [2.75, 3.05) is 6.61 Å². The van der Waals surface area contributed by atoms with Gasteiger partial charge < -0.3 is 10.1 Å². The summed E-state index contributed by atoms with van der Waals surface area (Å²) in [4.78, 5) is 13.4. The van der Waals surface area contributed by atoms with Crippen molar-refractivity contribution in [2.24, 2.45) is 5.92 Å². The third kappa shape index (κ3) is 3.94. The SMILES string of the molecule is CC(C)[C@@H](NC(=O)COc1ccc2c(c1)CCC2)c1cccs1. The number of thiophene rings is 1. The van der Waals surface area contributed by atoms with Crippen molar-refractivity contribution >= 4 is 17.2 Å². The van der Waals surface area contributed by atoms with E-state index in [0.29, 0.717) is 5.92 Å². The molecule has 0 spiro atoms. The Labute approximate surface area is 141 Å². The van der Waals surface area contributed by atoms with Gasteiger partial charge in [0.2, 0.25) is 0 Å². The van der Waals surface area contributed by atoms with Gasteiger partial charge in [-0.15, -0.1) is 11.3 Å². The summed E-state index contributed by atoms with van der Waals surface area (Å²) >= 11 is 1.67. The lowest BCUT2D eigenvalue weighted by Gasteiger charge is -2.21. The van der Waals surface area contributed by atoms with Gasteiger partial charge in [0.15, 0.2) is 6.61 Å². The number of hydrogen-bond acceptors (Lipinski definition) is 3. The molecule has 122 valence electrons. The van der Waals surface area contributed by atoms with Crippen LogP contribution in [-0.2, 0) is 17.6 Å². The van der Waals surface area contributed by atoms with Crippen molar-refractivity contribution in [3.8, 4) is 5.75 Å². The Bertz CT molecular complexity index is 664. The molecule has 1 aromatic heterocycles. The van der Waals surface area contributed by atoms with Gasteiger partial charge in [-0.3, -0.25) is 4.79 Å². The number of rotatable bonds is 6. The van der Waals surface area contributed by atoms with Gasteiger partial charge in [-0.05, 0) is 59.9 Å². The first-order chi connectivity index (χ1) is 11.1. The lowest BCUT2D eigenvalue weighted by molar-refractivity contribution is -0.124. The predicted molar refractivity (Wildman–Crippen MR) is 94.0 cm³/mol. The molecule has 0 saturated heterocycles. The second-order valence-electron chi connectivity index (χ2n) is 6.38. The molecular formula is C19H23NO2S. The van der Waals surface area contributed by atoms with Crippen molar-refractivity contribution in [1.29, 1.82) is 0 Å². The minimum absolute atomic E-state index is 0.0473. The summed E-state index contributed by atoms with van der Waals surface area (Å²) in [5, 5.41) is 5.13. The summed E-state index contributed by atoms with van der Waals surface area (Å²) in [7, 11) is 0. The van der Waals surface area contributed by atoms with Crippen LogP contribution in [0.1, 0.15) is 42.3 Å². The number of benzene rings is 1. The molecule has 0 radical (unpaired) electrons. The number of amides is 1. The minimum Gasteiger partial charge on any atom is -0.484 e. The van der Waals surface area contributed by atoms with E-state index in [1.54, 1.807) is 11.3 Å². The van der Waals surface area contributed by atoms with Gasteiger partial charge in [0, 0.05) is 4.88 Å². The molecule has 1 amide bonds. The monoisotopic (exact) mass is 329 g/mol. The van der Waals surface area contributed by atoms with E-state index in [2.05, 4.69) is 37.4 Å². The molecule has 1 aliphatic carbocycles. The van der Waals surface area contributed by atoms with Crippen LogP contribution in [0.5, 0.6) is 5.75 Å². The van der Waals surface area contributed by atoms with E-state index in [1.165, 1.54) is 22.4 Å². The molecule has 2 aromatic rings. The fourth-order valence-corrected chi connectivity index (χ4v) is 3.99. The molecule has 1 aliphatic rings. The molecule has 3 nitrogen and oxygen atoms in total. The Hall–Kier alpha value is -1.81. The molecule has 23 heavy (non-hydrogen) atoms. The van der Waals surface area contributed by atoms with Crippen LogP contribution in [-0.4, -0.2) is 12.5 Å². The topological polar surface area (TPSA) is 38.3 Å². The summed E-state index contributed by atoms with van der Waals surface area (Å²) in [6.45, 7) is 4.30. The number of hydrogen-bond donors (Lipinski definition) is 1. The van der Waals surface area contributed by atoms with Gasteiger partial charge in [-0.1, -0.05) is 26.0 Å². The maximum atomic E-state index is 12.2. The fraction of sp³-hybridized carbons (Fsp3) is 0.421. The van der Waals surface area contributed by atoms with E-state index in [1.807, 2.05) is 17.5 Å². The van der Waals surface area contributed by atoms with Gasteiger partial charge in [-0.2, -0.15) is 0 Å². The zero-order valence-electron chi connectivity index (χ0n) is 13.7. The van der Waals surface area contributed by atoms with Crippen LogP contribution >= 0.6 is 11.3 Å². The lowest BCUT2D eigenvalue weighted by atomic mass is 10.0. The summed E-state index contributed by atoms with van der Waals surface area (Å²) in [6.07, 6.45) is 3.50. The molecule has 0 saturated carbocycles. The Morgan fingerprint density at radius 3 is 2.83 bits per heavy atom. The number of carbonyl (C=O) groups excluding carboxylic acids is 1. The molecular weight excluding hydrogens is 306 g/mol. The average Bonchev–Trinajstić information content (AvgIpc) is 3.20. The van der Waals surface area contributed by atoms with Crippen LogP contribution in [0, 0.1) is 5.92 Å². The molecule has 3 rings (SSSR count). The standard InChI is InChI=1S/C19H23NO2S/c1-13(2)19(17-7-4-10-23-17)20-18(21)12-22-16-9-8-14-5-3-6-15(14)11-16/h4,7-11,13,19H,3,5-6,12H2,1-2H3,(H,20,21)/t19-/m1/s1. The van der Waals surface area contributed by atoms with Crippen LogP contribution in [0.15, 0.2) is 35.7 Å². The minimum atomic E-state index is -0.0717. The average molecular weight is 329 g/mol. The zero-order chi connectivity index (χ0) is 16.2. The lowest BCUT2D eigenvalue weighted by Crippen LogP contribution is -2.34. The van der Waals surface area contributed by atoms with E-state index in [9.17, 15) is 4.79 Å². The zero-order valence-corrected chi connectivity index (χ0v) is 14.5. The molecule has 1 aromatic carbocycles. The third-order valence-corrected chi connectivity index (χ3v) is 5.23. The Kier molecular flexibility index (Phi) is 5.01. The van der Waals surface area contributed by atoms with Crippen molar-refractivity contribution in [2.45, 2.75) is 39.2 Å². The van der Waals surface area contributed by atoms with E-state index in [0.717, 1.165) is 18.6 Å². The van der Waals surface area contributed by atoms with Gasteiger partial charge >= 0.3 is 0 Å². The van der Waals surface area contributed by atoms with Crippen LogP contribution in [0.3, 0.4) is 0 Å². The molecule has 0 fully saturated rings. The molecule has 0 unspecified atom stereocenters. The van der Waals surface area contributed by atoms with Gasteiger partial charge in [0.1, 0.15) is 5.75 Å². The van der Waals surface area contributed by atoms with Gasteiger partial charge in [0.05, 0.1) is 6.04 Å². The van der Waals surface area contributed by atoms with E-state index in [4.69, 9.17) is 4.74 Å². The van der Waals surface area contributed by atoms with Gasteiger partial charge in [-0.25, -0.2) is 0 Å². The highest BCUT2D eigenvalue weighted by molar-refractivity contribution is 7.10. The van der Waals surface area contributed by atoms with Crippen molar-refractivity contribution < 1.29 is 9.53 Å². The predicted octanol–water partition coefficient (Wildman–Crippen LogP) is 4.13. The molecule has 4 heteroatoms. The maximum Gasteiger partial charge on any atom is 0.258 e. The van der Waals surface area contributed by atoms with Crippen molar-refractivity contribution in [1.82, 2.24) is 5.32 Å². The molecule has 0 aliphatic heterocycles. The van der Waals surface area contributed by atoms with Crippen molar-refractivity contribution in [3.05, 3.63) is 51.7 Å². The molecule has 1 atom stereocenters. The first-order valence-electron chi connectivity index (χ1n) is 8.21. The maximum absolute atomic E-state index is 12.2. The highest BCUT2D eigenvalue weighted by Gasteiger charge is 2.19. The molecule has 1 N–H and O–H groups in total. The summed E-state index contributed by atoms with van der Waals surface area (Å²) in [5.41, 5.74) is 2.78. The van der Waals surface area contributed by atoms with Crippen molar-refractivity contribution in [3.63, 3.8) is 0 Å². The van der Waals surface area contributed by atoms with Gasteiger partial charge in [0.25, 0.3) is 5.91 Å². The highest BCUT2D eigenvalue weighted by atomic mass is 32.1. The fourth-order valence-electron chi connectivity index (χ4n) is 3.04. The largest absolute Gasteiger partial charge is 0.484 e. The highest BCUT2D eigenvalue weighted by Crippen LogP contribution is 2.27. The Morgan fingerprint density at radius 2 is 2.09 bits per heavy atom. The van der Waals surface area contributed by atoms with E-state index >= 15 is 0 Å². The first-order valence-corrected chi connectivity index (χ1v) is 9.09. The second kappa shape index (κ2) is 7.18. The first kappa shape index (κ1) is 16.1. The summed E-state index contributed by atoms with van der Waals surface area (Å²) in [5.74, 6) is 1.06. The van der Waals surface area contributed by atoms with Crippen LogP contribution in [0.2, 0.25) is 0 Å². The number of aryl methyl sites for hydroxylation is 2. The summed E-state index contributed by atoms with van der Waals surface area (Å²) < 4.78 is 5.68. The number of nitrogens with one attached hydrogen (secondary N) is 1. The van der Waals surface area contributed by atoms with Crippen LogP contribution < -0.4 is 10.1 Å².